The van der Waals surface area contributed by atoms with Gasteiger partial charge in [-0.2, -0.15) is 0 Å². The first kappa shape index (κ1) is 34.8. The van der Waals surface area contributed by atoms with Crippen molar-refractivity contribution in [2.45, 2.75) is 121 Å². The number of carbonyl (C=O) groups excluding carboxylic acids is 2. The van der Waals surface area contributed by atoms with E-state index >= 15 is 0 Å². The molecule has 5 nitrogen and oxygen atoms in total. The Kier molecular flexibility index (Phi) is 11.9. The number of aliphatic carboxylic acids is 1. The molecule has 0 radical (unpaired) electrons. The first-order chi connectivity index (χ1) is 17.4. The lowest BCUT2D eigenvalue weighted by atomic mass is 9.76. The molecule has 0 aromatic heterocycles. The van der Waals surface area contributed by atoms with Crippen molar-refractivity contribution in [3.8, 4) is 0 Å². The average Bonchev–Trinajstić information content (AvgIpc) is 2.78. The van der Waals surface area contributed by atoms with Gasteiger partial charge in [0.2, 0.25) is 0 Å². The molecule has 0 saturated heterocycles. The normalized spacial score (nSPS) is 19.0. The molecule has 2 rings (SSSR count). The number of carboxylic acids is 1. The van der Waals surface area contributed by atoms with Crippen LogP contribution in [0.25, 0.3) is 0 Å². The van der Waals surface area contributed by atoms with Crippen molar-refractivity contribution < 1.29 is 24.6 Å². The molecular weight excluding hydrogens is 488 g/mol. The van der Waals surface area contributed by atoms with E-state index in [-0.39, 0.29) is 41.8 Å². The van der Waals surface area contributed by atoms with Gasteiger partial charge in [0.1, 0.15) is 0 Å². The van der Waals surface area contributed by atoms with Crippen molar-refractivity contribution in [3.05, 3.63) is 46.6 Å². The van der Waals surface area contributed by atoms with Crippen LogP contribution in [-0.4, -0.2) is 34.4 Å². The van der Waals surface area contributed by atoms with Gasteiger partial charge in [-0.25, -0.2) is 0 Å². The van der Waals surface area contributed by atoms with Crippen LogP contribution in [0.1, 0.15) is 121 Å². The summed E-state index contributed by atoms with van der Waals surface area (Å²) in [5, 5.41) is 18.9. The molecule has 0 bridgehead atoms. The molecule has 0 fully saturated rings. The fourth-order valence-corrected chi connectivity index (χ4v) is 5.43. The number of carbonyl (C=O) groups is 3. The highest BCUT2D eigenvalue weighted by Gasteiger charge is 2.31. The molecule has 39 heavy (non-hydrogen) atoms. The van der Waals surface area contributed by atoms with E-state index in [0.717, 1.165) is 41.6 Å². The second-order valence-electron chi connectivity index (χ2n) is 14.1. The van der Waals surface area contributed by atoms with E-state index < -0.39 is 11.4 Å². The molecular formula is C34H54O5. The van der Waals surface area contributed by atoms with Crippen molar-refractivity contribution in [3.63, 3.8) is 0 Å². The largest absolute Gasteiger partial charge is 0.481 e. The predicted octanol–water partition coefficient (Wildman–Crippen LogP) is 8.19. The van der Waals surface area contributed by atoms with Gasteiger partial charge in [-0.05, 0) is 99.3 Å². The van der Waals surface area contributed by atoms with E-state index in [1.54, 1.807) is 13.8 Å². The zero-order chi connectivity index (χ0) is 28.9. The Bertz CT molecular complexity index is 1040. The lowest BCUT2D eigenvalue weighted by molar-refractivity contribution is -0.147. The lowest BCUT2D eigenvalue weighted by Crippen LogP contribution is -2.24. The highest BCUT2D eigenvalue weighted by Crippen LogP contribution is 2.37. The Morgan fingerprint density at radius 3 is 1.36 bits per heavy atom. The SMILES string of the molecule is C.CC1(C)C=C(CCCC2=CC(C)(C)C=C(CCCC(C)(C)C(=O)O)C2=O)C(=O)C(CCCC(C)(C)CO)=C1. The maximum absolute atomic E-state index is 13.3. The third-order valence-corrected chi connectivity index (χ3v) is 7.80. The van der Waals surface area contributed by atoms with Gasteiger partial charge >= 0.3 is 5.97 Å². The van der Waals surface area contributed by atoms with Gasteiger partial charge in [-0.3, -0.25) is 14.4 Å². The summed E-state index contributed by atoms with van der Waals surface area (Å²) < 4.78 is 0. The summed E-state index contributed by atoms with van der Waals surface area (Å²) in [6.07, 6.45) is 14.4. The third kappa shape index (κ3) is 10.3. The van der Waals surface area contributed by atoms with Crippen LogP contribution in [0.15, 0.2) is 46.6 Å². The molecule has 0 unspecified atom stereocenters. The summed E-state index contributed by atoms with van der Waals surface area (Å²) in [4.78, 5) is 38.0. The Morgan fingerprint density at radius 2 is 1.03 bits per heavy atom. The van der Waals surface area contributed by atoms with Gasteiger partial charge in [0.15, 0.2) is 11.6 Å². The highest BCUT2D eigenvalue weighted by molar-refractivity contribution is 6.10. The van der Waals surface area contributed by atoms with Gasteiger partial charge in [0.25, 0.3) is 0 Å². The quantitative estimate of drug-likeness (QED) is 0.231. The first-order valence-electron chi connectivity index (χ1n) is 14.2. The van der Waals surface area contributed by atoms with Crippen LogP contribution in [-0.2, 0) is 14.4 Å². The Balaban J connectivity index is 0.00000760. The molecule has 2 aliphatic carbocycles. The molecule has 5 heteroatoms. The van der Waals surface area contributed by atoms with Crippen LogP contribution in [0.2, 0.25) is 0 Å². The minimum absolute atomic E-state index is 0. The maximum Gasteiger partial charge on any atom is 0.309 e. The molecule has 0 amide bonds. The van der Waals surface area contributed by atoms with Gasteiger partial charge in [-0.1, -0.05) is 73.3 Å². The number of carboxylic acid groups (broad SMARTS) is 1. The van der Waals surface area contributed by atoms with Crippen molar-refractivity contribution in [2.24, 2.45) is 21.7 Å². The second-order valence-corrected chi connectivity index (χ2v) is 14.1. The van der Waals surface area contributed by atoms with Crippen molar-refractivity contribution in [2.75, 3.05) is 6.61 Å². The number of Topliss-reactive ketones (excluding diaryl/α,β-unsaturated/α-hetero) is 2. The van der Waals surface area contributed by atoms with Gasteiger partial charge in [0, 0.05) is 17.4 Å². The summed E-state index contributed by atoms with van der Waals surface area (Å²) in [5.41, 5.74) is 1.92. The van der Waals surface area contributed by atoms with Crippen molar-refractivity contribution in [1.29, 1.82) is 0 Å². The summed E-state index contributed by atoms with van der Waals surface area (Å²) >= 11 is 0. The smallest absolute Gasteiger partial charge is 0.309 e. The highest BCUT2D eigenvalue weighted by atomic mass is 16.4. The van der Waals surface area contributed by atoms with E-state index in [4.69, 9.17) is 0 Å². The molecule has 0 atom stereocenters. The molecule has 0 saturated carbocycles. The zero-order valence-corrected chi connectivity index (χ0v) is 25.0. The van der Waals surface area contributed by atoms with E-state index in [1.165, 1.54) is 0 Å². The Morgan fingerprint density at radius 1 is 0.692 bits per heavy atom. The number of hydrogen-bond acceptors (Lipinski definition) is 4. The van der Waals surface area contributed by atoms with Crippen LogP contribution >= 0.6 is 0 Å². The molecule has 0 aromatic carbocycles. The van der Waals surface area contributed by atoms with E-state index in [0.29, 0.717) is 38.5 Å². The molecule has 0 aromatic rings. The van der Waals surface area contributed by atoms with Crippen LogP contribution in [0.5, 0.6) is 0 Å². The molecule has 2 aliphatic rings. The number of aliphatic hydroxyl groups excluding tert-OH is 1. The lowest BCUT2D eigenvalue weighted by Gasteiger charge is -2.28. The van der Waals surface area contributed by atoms with Crippen LogP contribution < -0.4 is 0 Å². The van der Waals surface area contributed by atoms with Gasteiger partial charge in [-0.15, -0.1) is 0 Å². The predicted molar refractivity (Wildman–Crippen MR) is 160 cm³/mol. The summed E-state index contributed by atoms with van der Waals surface area (Å²) in [6.45, 7) is 16.1. The number of aliphatic hydroxyl groups is 1. The summed E-state index contributed by atoms with van der Waals surface area (Å²) in [7, 11) is 0. The minimum Gasteiger partial charge on any atom is -0.481 e. The standard InChI is InChI=1S/C33H50O5.CH4/c1-30(2,22-34)16-10-14-25-20-31(3,4)18-23(27(25)35)12-9-13-24-19-32(5,6)21-26(28(24)36)15-11-17-33(7,8)29(37)38;/h18-21,34H,9-17,22H2,1-8H3,(H,37,38);1H4. The molecule has 0 spiro atoms. The fraction of sp³-hybridized carbons (Fsp3) is 0.676. The molecule has 0 heterocycles. The van der Waals surface area contributed by atoms with Gasteiger partial charge < -0.3 is 10.2 Å². The Labute approximate surface area is 237 Å². The Hall–Kier alpha value is -2.27. The van der Waals surface area contributed by atoms with Crippen LogP contribution in [0.3, 0.4) is 0 Å². The minimum atomic E-state index is -0.816. The van der Waals surface area contributed by atoms with E-state index in [9.17, 15) is 24.6 Å². The van der Waals surface area contributed by atoms with Crippen LogP contribution in [0, 0.1) is 21.7 Å². The van der Waals surface area contributed by atoms with Crippen molar-refractivity contribution >= 4 is 17.5 Å². The fourth-order valence-electron chi connectivity index (χ4n) is 5.43. The van der Waals surface area contributed by atoms with E-state index in [1.807, 2.05) is 19.9 Å². The number of allylic oxidation sites excluding steroid dienone is 8. The average molecular weight is 543 g/mol. The monoisotopic (exact) mass is 542 g/mol. The first-order valence-corrected chi connectivity index (χ1v) is 14.2. The molecule has 2 N–H and O–H groups in total. The summed E-state index contributed by atoms with van der Waals surface area (Å²) in [6, 6.07) is 0. The number of ketones is 2. The number of hydrogen-bond donors (Lipinski definition) is 2. The van der Waals surface area contributed by atoms with Crippen LogP contribution in [0.4, 0.5) is 0 Å². The molecule has 220 valence electrons. The van der Waals surface area contributed by atoms with Crippen molar-refractivity contribution in [1.82, 2.24) is 0 Å². The van der Waals surface area contributed by atoms with Gasteiger partial charge in [0.05, 0.1) is 5.41 Å². The second kappa shape index (κ2) is 13.4. The van der Waals surface area contributed by atoms with E-state index in [2.05, 4.69) is 45.9 Å². The maximum atomic E-state index is 13.3. The third-order valence-electron chi connectivity index (χ3n) is 7.80. The summed E-state index contributed by atoms with van der Waals surface area (Å²) in [5.74, 6) is -0.630. The molecule has 0 aliphatic heterocycles. The topological polar surface area (TPSA) is 91.7 Å². The number of rotatable bonds is 14. The zero-order valence-electron chi connectivity index (χ0n) is 25.0.